The summed E-state index contributed by atoms with van der Waals surface area (Å²) in [6, 6.07) is 4.17. The van der Waals surface area contributed by atoms with Gasteiger partial charge in [-0.1, -0.05) is 0 Å². The van der Waals surface area contributed by atoms with Gasteiger partial charge in [-0.2, -0.15) is 0 Å². The second-order valence-electron chi connectivity index (χ2n) is 6.71. The number of carbonyl (C=O) groups excluding carboxylic acids is 1. The predicted molar refractivity (Wildman–Crippen MR) is 99.9 cm³/mol. The van der Waals surface area contributed by atoms with Gasteiger partial charge in [0.25, 0.3) is 5.91 Å². The van der Waals surface area contributed by atoms with E-state index in [1.165, 1.54) is 12.5 Å². The lowest BCUT2D eigenvalue weighted by atomic mass is 9.91. The first-order valence-electron chi connectivity index (χ1n) is 9.00. The number of nitrogens with zero attached hydrogens (tertiary/aromatic N) is 6. The molecule has 3 aromatic rings. The third kappa shape index (κ3) is 3.81. The van der Waals surface area contributed by atoms with Gasteiger partial charge in [0, 0.05) is 60.7 Å². The average molecular weight is 360 g/mol. The Kier molecular flexibility index (Phi) is 4.82. The molecule has 0 atom stereocenters. The lowest BCUT2D eigenvalue weighted by molar-refractivity contribution is 0.0705. The number of aryl methyl sites for hydroxylation is 1. The van der Waals surface area contributed by atoms with Crippen molar-refractivity contribution in [1.29, 1.82) is 0 Å². The van der Waals surface area contributed by atoms with Gasteiger partial charge in [-0.3, -0.25) is 14.8 Å². The Morgan fingerprint density at radius 1 is 1.00 bits per heavy atom. The van der Waals surface area contributed by atoms with Gasteiger partial charge >= 0.3 is 0 Å². The first-order chi connectivity index (χ1) is 13.2. The minimum Gasteiger partial charge on any atom is -0.337 e. The molecule has 27 heavy (non-hydrogen) atoms. The molecule has 1 amide bonds. The molecular weight excluding hydrogens is 340 g/mol. The van der Waals surface area contributed by atoms with Crippen molar-refractivity contribution in [3.8, 4) is 11.1 Å². The summed E-state index contributed by atoms with van der Waals surface area (Å²) in [5, 5.41) is 0. The monoisotopic (exact) mass is 360 g/mol. The molecule has 3 aromatic heterocycles. The lowest BCUT2D eigenvalue weighted by Crippen LogP contribution is -2.38. The molecule has 136 valence electrons. The molecule has 0 spiro atoms. The summed E-state index contributed by atoms with van der Waals surface area (Å²) >= 11 is 0. The molecule has 4 rings (SSSR count). The highest BCUT2D eigenvalue weighted by Crippen LogP contribution is 2.30. The molecule has 7 heteroatoms. The molecule has 1 aliphatic rings. The van der Waals surface area contributed by atoms with E-state index in [1.54, 1.807) is 12.4 Å². The zero-order valence-electron chi connectivity index (χ0n) is 15.1. The number of carbonyl (C=O) groups is 1. The normalized spacial score (nSPS) is 14.9. The summed E-state index contributed by atoms with van der Waals surface area (Å²) in [6.07, 6.45) is 11.6. The van der Waals surface area contributed by atoms with E-state index in [0.717, 1.165) is 35.4 Å². The molecular formula is C20H20N6O. The van der Waals surface area contributed by atoms with Crippen molar-refractivity contribution < 1.29 is 4.79 Å². The molecule has 1 fully saturated rings. The van der Waals surface area contributed by atoms with Crippen LogP contribution in [0.15, 0.2) is 49.4 Å². The Labute approximate surface area is 157 Å². The van der Waals surface area contributed by atoms with E-state index < -0.39 is 0 Å². The minimum atomic E-state index is -0.0547. The molecule has 1 saturated heterocycles. The Hall–Kier alpha value is -3.22. The lowest BCUT2D eigenvalue weighted by Gasteiger charge is -2.31. The first kappa shape index (κ1) is 17.2. The number of piperidine rings is 1. The molecule has 0 N–H and O–H groups in total. The zero-order valence-corrected chi connectivity index (χ0v) is 15.1. The highest BCUT2D eigenvalue weighted by atomic mass is 16.2. The molecule has 0 bridgehead atoms. The maximum atomic E-state index is 12.5. The van der Waals surface area contributed by atoms with Gasteiger partial charge in [-0.25, -0.2) is 15.0 Å². The number of pyridine rings is 1. The summed E-state index contributed by atoms with van der Waals surface area (Å²) in [6.45, 7) is 3.39. The van der Waals surface area contributed by atoms with Crippen LogP contribution in [-0.4, -0.2) is 48.8 Å². The topological polar surface area (TPSA) is 84.8 Å². The van der Waals surface area contributed by atoms with Crippen molar-refractivity contribution >= 4 is 5.91 Å². The summed E-state index contributed by atoms with van der Waals surface area (Å²) < 4.78 is 0. The van der Waals surface area contributed by atoms with Crippen LogP contribution in [0.4, 0.5) is 0 Å². The van der Waals surface area contributed by atoms with Gasteiger partial charge in [0.1, 0.15) is 12.0 Å². The van der Waals surface area contributed by atoms with Crippen LogP contribution in [0.3, 0.4) is 0 Å². The van der Waals surface area contributed by atoms with Crippen LogP contribution >= 0.6 is 0 Å². The summed E-state index contributed by atoms with van der Waals surface area (Å²) in [5.74, 6) is 0.278. The van der Waals surface area contributed by atoms with Gasteiger partial charge in [-0.15, -0.1) is 0 Å². The van der Waals surface area contributed by atoms with Crippen LogP contribution in [0.25, 0.3) is 11.1 Å². The maximum Gasteiger partial charge on any atom is 0.274 e. The number of hydrogen-bond donors (Lipinski definition) is 0. The smallest absolute Gasteiger partial charge is 0.274 e. The molecule has 0 aliphatic carbocycles. The number of likely N-dealkylation sites (tertiary alicyclic amines) is 1. The summed E-state index contributed by atoms with van der Waals surface area (Å²) in [5.41, 5.74) is 4.51. The summed E-state index contributed by atoms with van der Waals surface area (Å²) in [4.78, 5) is 35.4. The van der Waals surface area contributed by atoms with E-state index in [4.69, 9.17) is 4.98 Å². The van der Waals surface area contributed by atoms with Crippen LogP contribution in [0.5, 0.6) is 0 Å². The highest BCUT2D eigenvalue weighted by molar-refractivity contribution is 5.92. The number of amides is 1. The van der Waals surface area contributed by atoms with Crippen molar-refractivity contribution in [3.05, 3.63) is 66.5 Å². The van der Waals surface area contributed by atoms with E-state index in [2.05, 4.69) is 32.1 Å². The molecule has 1 aliphatic heterocycles. The van der Waals surface area contributed by atoms with Crippen LogP contribution in [0.1, 0.15) is 40.6 Å². The highest BCUT2D eigenvalue weighted by Gasteiger charge is 2.26. The number of hydrogen-bond acceptors (Lipinski definition) is 6. The Bertz CT molecular complexity index is 924. The Morgan fingerprint density at radius 2 is 1.78 bits per heavy atom. The SMILES string of the molecule is Cc1cc(-c2cncnc2)cc(C2CCN(C(=O)c3cnccn3)CC2)n1. The second kappa shape index (κ2) is 7.57. The van der Waals surface area contributed by atoms with Crippen LogP contribution in [-0.2, 0) is 0 Å². The maximum absolute atomic E-state index is 12.5. The van der Waals surface area contributed by atoms with Gasteiger partial charge in [0.05, 0.1) is 6.20 Å². The quantitative estimate of drug-likeness (QED) is 0.714. The van der Waals surface area contributed by atoms with Gasteiger partial charge < -0.3 is 4.90 Å². The van der Waals surface area contributed by atoms with Crippen molar-refractivity contribution in [2.45, 2.75) is 25.7 Å². The van der Waals surface area contributed by atoms with E-state index in [1.807, 2.05) is 24.2 Å². The van der Waals surface area contributed by atoms with Crippen LogP contribution < -0.4 is 0 Å². The molecule has 7 nitrogen and oxygen atoms in total. The third-order valence-electron chi connectivity index (χ3n) is 4.85. The van der Waals surface area contributed by atoms with Crippen LogP contribution in [0, 0.1) is 6.92 Å². The van der Waals surface area contributed by atoms with Crippen LogP contribution in [0.2, 0.25) is 0 Å². The van der Waals surface area contributed by atoms with Crippen molar-refractivity contribution in [3.63, 3.8) is 0 Å². The van der Waals surface area contributed by atoms with Crippen molar-refractivity contribution in [2.75, 3.05) is 13.1 Å². The fraction of sp³-hybridized carbons (Fsp3) is 0.300. The van der Waals surface area contributed by atoms with Gasteiger partial charge in [0.2, 0.25) is 0 Å². The standard InChI is InChI=1S/C20H20N6O/c1-14-8-16(17-10-22-13-23-11-17)9-18(25-14)15-2-6-26(7-3-15)20(27)19-12-21-4-5-24-19/h4-5,8-13,15H,2-3,6-7H2,1H3. The largest absolute Gasteiger partial charge is 0.337 e. The minimum absolute atomic E-state index is 0.0547. The van der Waals surface area contributed by atoms with E-state index in [-0.39, 0.29) is 5.91 Å². The van der Waals surface area contributed by atoms with E-state index >= 15 is 0 Å². The molecule has 0 aromatic carbocycles. The second-order valence-corrected chi connectivity index (χ2v) is 6.71. The fourth-order valence-corrected chi connectivity index (χ4v) is 3.47. The van der Waals surface area contributed by atoms with Gasteiger partial charge in [0.15, 0.2) is 0 Å². The van der Waals surface area contributed by atoms with Gasteiger partial charge in [-0.05, 0) is 37.5 Å². The Balaban J connectivity index is 1.48. The molecule has 4 heterocycles. The Morgan fingerprint density at radius 3 is 2.48 bits per heavy atom. The number of rotatable bonds is 3. The van der Waals surface area contributed by atoms with Crippen molar-refractivity contribution in [1.82, 2.24) is 29.8 Å². The molecule has 0 radical (unpaired) electrons. The first-order valence-corrected chi connectivity index (χ1v) is 9.00. The van der Waals surface area contributed by atoms with E-state index in [9.17, 15) is 4.79 Å². The molecule has 0 unspecified atom stereocenters. The average Bonchev–Trinajstić information content (AvgIpc) is 2.74. The zero-order chi connectivity index (χ0) is 18.6. The predicted octanol–water partition coefficient (Wildman–Crippen LogP) is 2.66. The molecule has 0 saturated carbocycles. The van der Waals surface area contributed by atoms with E-state index in [0.29, 0.717) is 24.7 Å². The van der Waals surface area contributed by atoms with Crippen molar-refractivity contribution in [2.24, 2.45) is 0 Å². The fourth-order valence-electron chi connectivity index (χ4n) is 3.47. The summed E-state index contributed by atoms with van der Waals surface area (Å²) in [7, 11) is 0. The third-order valence-corrected chi connectivity index (χ3v) is 4.85. The number of aromatic nitrogens is 5.